The second-order valence-electron chi connectivity index (χ2n) is 5.59. The predicted octanol–water partition coefficient (Wildman–Crippen LogP) is -0.259. The maximum absolute atomic E-state index is 12.2. The van der Waals surface area contributed by atoms with Crippen LogP contribution in [0, 0.1) is 12.8 Å². The molecule has 1 fully saturated rings. The first-order chi connectivity index (χ1) is 10.6. The van der Waals surface area contributed by atoms with Crippen LogP contribution in [0.5, 0.6) is 0 Å². The number of ether oxygens (including phenoxy) is 1. The largest absolute Gasteiger partial charge is 0.390 e. The summed E-state index contributed by atoms with van der Waals surface area (Å²) < 4.78 is 7.03. The summed E-state index contributed by atoms with van der Waals surface area (Å²) in [5.41, 5.74) is 2.02. The number of carbonyl (C=O) groups is 1. The number of rotatable bonds is 3. The summed E-state index contributed by atoms with van der Waals surface area (Å²) in [5, 5.41) is 22.2. The van der Waals surface area contributed by atoms with Crippen LogP contribution in [0.4, 0.5) is 0 Å². The lowest BCUT2D eigenvalue weighted by atomic mass is 9.96. The molecule has 2 aromatic heterocycles. The normalized spacial score (nSPS) is 25.3. The van der Waals surface area contributed by atoms with E-state index in [0.29, 0.717) is 17.9 Å². The highest BCUT2D eigenvalue weighted by Crippen LogP contribution is 2.15. The summed E-state index contributed by atoms with van der Waals surface area (Å²) in [6.45, 7) is 2.59. The van der Waals surface area contributed by atoms with Gasteiger partial charge in [0.25, 0.3) is 5.91 Å². The maximum Gasteiger partial charge on any atom is 0.271 e. The highest BCUT2D eigenvalue weighted by Gasteiger charge is 2.31. The molecule has 1 saturated heterocycles. The van der Waals surface area contributed by atoms with Crippen molar-refractivity contribution in [2.45, 2.75) is 19.1 Å². The molecule has 3 N–H and O–H groups in total. The number of pyridine rings is 1. The van der Waals surface area contributed by atoms with Crippen LogP contribution in [0.15, 0.2) is 24.4 Å². The molecular weight excluding hydrogens is 286 g/mol. The maximum atomic E-state index is 12.2. The van der Waals surface area contributed by atoms with E-state index in [1.165, 1.54) is 0 Å². The number of aryl methyl sites for hydroxylation is 1. The third kappa shape index (κ3) is 2.83. The molecule has 1 aliphatic heterocycles. The van der Waals surface area contributed by atoms with Crippen molar-refractivity contribution in [2.24, 2.45) is 5.92 Å². The summed E-state index contributed by atoms with van der Waals surface area (Å²) in [6.07, 6.45) is -0.117. The van der Waals surface area contributed by atoms with E-state index in [-0.39, 0.29) is 25.0 Å². The van der Waals surface area contributed by atoms with Crippen molar-refractivity contribution < 1.29 is 19.7 Å². The van der Waals surface area contributed by atoms with Crippen LogP contribution in [0.2, 0.25) is 0 Å². The van der Waals surface area contributed by atoms with E-state index < -0.39 is 12.2 Å². The number of imidazole rings is 1. The summed E-state index contributed by atoms with van der Waals surface area (Å²) >= 11 is 0. The van der Waals surface area contributed by atoms with Gasteiger partial charge in [0.05, 0.1) is 19.3 Å². The van der Waals surface area contributed by atoms with Gasteiger partial charge in [-0.3, -0.25) is 4.79 Å². The first-order valence-electron chi connectivity index (χ1n) is 7.23. The fourth-order valence-corrected chi connectivity index (χ4v) is 2.60. The van der Waals surface area contributed by atoms with Crippen LogP contribution < -0.4 is 5.32 Å². The van der Waals surface area contributed by atoms with E-state index in [4.69, 9.17) is 4.74 Å². The Bertz CT molecular complexity index is 684. The molecule has 3 atom stereocenters. The fourth-order valence-electron chi connectivity index (χ4n) is 2.60. The standard InChI is InChI=1S/C15H19N3O4/c1-9-3-2-4-13-17-11(6-18(9)13)15(21)16-5-10-7-22-8-12(19)14(10)20/h2-4,6,10,12,14,19-20H,5,7-8H2,1H3,(H,16,21)/t10-,12-,14+/m1/s1. The minimum Gasteiger partial charge on any atom is -0.390 e. The second kappa shape index (κ2) is 6.04. The smallest absolute Gasteiger partial charge is 0.271 e. The number of hydrogen-bond acceptors (Lipinski definition) is 5. The number of aliphatic hydroxyl groups excluding tert-OH is 2. The molecule has 2 aromatic rings. The Kier molecular flexibility index (Phi) is 4.10. The van der Waals surface area contributed by atoms with E-state index >= 15 is 0 Å². The van der Waals surface area contributed by atoms with Crippen molar-refractivity contribution in [2.75, 3.05) is 19.8 Å². The van der Waals surface area contributed by atoms with Gasteiger partial charge in [-0.2, -0.15) is 0 Å². The minimum absolute atomic E-state index is 0.122. The molecule has 0 radical (unpaired) electrons. The Hall–Kier alpha value is -1.96. The average molecular weight is 305 g/mol. The first-order valence-corrected chi connectivity index (χ1v) is 7.23. The van der Waals surface area contributed by atoms with Crippen molar-refractivity contribution in [3.8, 4) is 0 Å². The zero-order valence-corrected chi connectivity index (χ0v) is 12.3. The SMILES string of the molecule is Cc1cccc2nc(C(=O)NC[C@@H]3COC[C@@H](O)[C@H]3O)cn12. The summed E-state index contributed by atoms with van der Waals surface area (Å²) in [7, 11) is 0. The summed E-state index contributed by atoms with van der Waals surface area (Å²) in [4.78, 5) is 16.5. The van der Waals surface area contributed by atoms with Gasteiger partial charge < -0.3 is 24.7 Å². The van der Waals surface area contributed by atoms with E-state index in [1.807, 2.05) is 29.5 Å². The molecule has 7 heteroatoms. The van der Waals surface area contributed by atoms with Gasteiger partial charge in [-0.1, -0.05) is 6.07 Å². The number of amides is 1. The number of nitrogens with one attached hydrogen (secondary N) is 1. The van der Waals surface area contributed by atoms with Crippen molar-refractivity contribution in [3.05, 3.63) is 35.8 Å². The third-order valence-corrected chi connectivity index (χ3v) is 3.95. The fraction of sp³-hybridized carbons (Fsp3) is 0.467. The zero-order valence-electron chi connectivity index (χ0n) is 12.3. The second-order valence-corrected chi connectivity index (χ2v) is 5.59. The predicted molar refractivity (Wildman–Crippen MR) is 78.6 cm³/mol. The summed E-state index contributed by atoms with van der Waals surface area (Å²) in [5.74, 6) is -0.637. The highest BCUT2D eigenvalue weighted by molar-refractivity contribution is 5.92. The van der Waals surface area contributed by atoms with E-state index in [9.17, 15) is 15.0 Å². The molecule has 3 heterocycles. The van der Waals surface area contributed by atoms with Gasteiger partial charge in [0, 0.05) is 24.4 Å². The quantitative estimate of drug-likeness (QED) is 0.726. The Balaban J connectivity index is 1.67. The highest BCUT2D eigenvalue weighted by atomic mass is 16.5. The van der Waals surface area contributed by atoms with Crippen LogP contribution in [0.25, 0.3) is 5.65 Å². The molecule has 22 heavy (non-hydrogen) atoms. The van der Waals surface area contributed by atoms with Gasteiger partial charge in [0.1, 0.15) is 17.4 Å². The van der Waals surface area contributed by atoms with Crippen LogP contribution in [0.3, 0.4) is 0 Å². The van der Waals surface area contributed by atoms with Crippen molar-refractivity contribution >= 4 is 11.6 Å². The Morgan fingerprint density at radius 2 is 2.27 bits per heavy atom. The number of carbonyl (C=O) groups excluding carboxylic acids is 1. The molecule has 118 valence electrons. The van der Waals surface area contributed by atoms with Crippen molar-refractivity contribution in [1.29, 1.82) is 0 Å². The molecule has 0 spiro atoms. The molecule has 1 aliphatic rings. The van der Waals surface area contributed by atoms with Gasteiger partial charge in [-0.05, 0) is 19.1 Å². The monoisotopic (exact) mass is 305 g/mol. The molecule has 0 bridgehead atoms. The molecule has 0 saturated carbocycles. The van der Waals surface area contributed by atoms with Gasteiger partial charge in [0.2, 0.25) is 0 Å². The van der Waals surface area contributed by atoms with Crippen molar-refractivity contribution in [1.82, 2.24) is 14.7 Å². The lowest BCUT2D eigenvalue weighted by Gasteiger charge is -2.31. The molecule has 0 unspecified atom stereocenters. The summed E-state index contributed by atoms with van der Waals surface area (Å²) in [6, 6.07) is 5.66. The molecular formula is C15H19N3O4. The Morgan fingerprint density at radius 3 is 3.05 bits per heavy atom. The Morgan fingerprint density at radius 1 is 1.45 bits per heavy atom. The number of hydrogen-bond donors (Lipinski definition) is 3. The topological polar surface area (TPSA) is 96.1 Å². The van der Waals surface area contributed by atoms with Crippen LogP contribution in [-0.2, 0) is 4.74 Å². The average Bonchev–Trinajstić information content (AvgIpc) is 2.94. The number of aromatic nitrogens is 2. The molecule has 3 rings (SSSR count). The molecule has 0 aliphatic carbocycles. The zero-order chi connectivity index (χ0) is 15.7. The number of aliphatic hydroxyl groups is 2. The lowest BCUT2D eigenvalue weighted by molar-refractivity contribution is -0.118. The van der Waals surface area contributed by atoms with Crippen LogP contribution in [-0.4, -0.2) is 57.5 Å². The van der Waals surface area contributed by atoms with Gasteiger partial charge >= 0.3 is 0 Å². The van der Waals surface area contributed by atoms with Crippen LogP contribution in [0.1, 0.15) is 16.2 Å². The third-order valence-electron chi connectivity index (χ3n) is 3.95. The Labute approximate surface area is 127 Å². The van der Waals surface area contributed by atoms with E-state index in [0.717, 1.165) is 5.69 Å². The van der Waals surface area contributed by atoms with Gasteiger partial charge in [-0.25, -0.2) is 4.98 Å². The minimum atomic E-state index is -0.909. The van der Waals surface area contributed by atoms with E-state index in [2.05, 4.69) is 10.3 Å². The first kappa shape index (κ1) is 15.0. The van der Waals surface area contributed by atoms with Crippen molar-refractivity contribution in [3.63, 3.8) is 0 Å². The van der Waals surface area contributed by atoms with E-state index in [1.54, 1.807) is 6.20 Å². The lowest BCUT2D eigenvalue weighted by Crippen LogP contribution is -2.48. The molecule has 1 amide bonds. The molecule has 7 nitrogen and oxygen atoms in total. The molecule has 0 aromatic carbocycles. The van der Waals surface area contributed by atoms with Gasteiger partial charge in [-0.15, -0.1) is 0 Å². The van der Waals surface area contributed by atoms with Crippen LogP contribution >= 0.6 is 0 Å². The van der Waals surface area contributed by atoms with Gasteiger partial charge in [0.15, 0.2) is 0 Å². The number of fused-ring (bicyclic) bond motifs is 1. The number of nitrogens with zero attached hydrogens (tertiary/aromatic N) is 2.